The molecule has 0 fully saturated rings. The zero-order chi connectivity index (χ0) is 14.1. The molecule has 104 valence electrons. The summed E-state index contributed by atoms with van der Waals surface area (Å²) in [4.78, 5) is 0.503. The van der Waals surface area contributed by atoms with Crippen molar-refractivity contribution < 1.29 is 26.3 Å². The normalized spacial score (nSPS) is 15.2. The van der Waals surface area contributed by atoms with E-state index in [-0.39, 0.29) is 4.88 Å². The molecule has 18 heavy (non-hydrogen) atoms. The molecular weight excluding hydrogens is 282 g/mol. The van der Waals surface area contributed by atoms with Crippen LogP contribution in [0.4, 0.5) is 26.3 Å². The number of rotatable bonds is 3. The van der Waals surface area contributed by atoms with E-state index < -0.39 is 24.3 Å². The standard InChI is InChI=1S/C9H10F6N2S/c1-4-2-3-5(18-4)6(17-16)7(8(10,11)12)9(13,14)15/h2-3,6-7,17H,16H2,1H3. The summed E-state index contributed by atoms with van der Waals surface area (Å²) in [5, 5.41) is 0. The first-order chi connectivity index (χ1) is 8.07. The van der Waals surface area contributed by atoms with Crippen LogP contribution < -0.4 is 11.3 Å². The highest BCUT2D eigenvalue weighted by molar-refractivity contribution is 7.12. The van der Waals surface area contributed by atoms with Crippen LogP contribution in [0, 0.1) is 12.8 Å². The van der Waals surface area contributed by atoms with Crippen molar-refractivity contribution in [1.82, 2.24) is 5.43 Å². The number of aryl methyl sites for hydroxylation is 1. The van der Waals surface area contributed by atoms with Crippen LogP contribution >= 0.6 is 11.3 Å². The maximum absolute atomic E-state index is 12.5. The number of nitrogens with one attached hydrogen (secondary N) is 1. The molecule has 1 unspecified atom stereocenters. The van der Waals surface area contributed by atoms with Crippen LogP contribution in [0.3, 0.4) is 0 Å². The number of hydrogen-bond acceptors (Lipinski definition) is 3. The minimum Gasteiger partial charge on any atom is -0.271 e. The highest BCUT2D eigenvalue weighted by atomic mass is 32.1. The van der Waals surface area contributed by atoms with Crippen molar-refractivity contribution in [1.29, 1.82) is 0 Å². The van der Waals surface area contributed by atoms with Crippen LogP contribution in [0.2, 0.25) is 0 Å². The number of thiophene rings is 1. The second kappa shape index (κ2) is 5.06. The van der Waals surface area contributed by atoms with E-state index in [1.807, 2.05) is 0 Å². The summed E-state index contributed by atoms with van der Waals surface area (Å²) in [5.41, 5.74) is 1.62. The van der Waals surface area contributed by atoms with Crippen molar-refractivity contribution in [2.75, 3.05) is 0 Å². The Morgan fingerprint density at radius 2 is 1.61 bits per heavy atom. The molecule has 0 saturated carbocycles. The van der Waals surface area contributed by atoms with Crippen LogP contribution in [0.5, 0.6) is 0 Å². The third-order valence-electron chi connectivity index (χ3n) is 2.29. The average Bonchev–Trinajstić information content (AvgIpc) is 2.56. The molecule has 0 radical (unpaired) electrons. The van der Waals surface area contributed by atoms with Crippen LogP contribution in [-0.2, 0) is 0 Å². The molecule has 0 aliphatic carbocycles. The third-order valence-corrected chi connectivity index (χ3v) is 3.37. The molecule has 0 bridgehead atoms. The molecule has 0 amide bonds. The van der Waals surface area contributed by atoms with Gasteiger partial charge in [0.1, 0.15) is 0 Å². The highest BCUT2D eigenvalue weighted by Crippen LogP contribution is 2.47. The van der Waals surface area contributed by atoms with Gasteiger partial charge in [-0.2, -0.15) is 26.3 Å². The Bertz CT molecular complexity index is 382. The molecule has 0 aromatic carbocycles. The maximum atomic E-state index is 12.5. The summed E-state index contributed by atoms with van der Waals surface area (Å²) in [6.07, 6.45) is -10.8. The van der Waals surface area contributed by atoms with Gasteiger partial charge in [-0.05, 0) is 19.1 Å². The molecule has 1 rings (SSSR count). The fourth-order valence-corrected chi connectivity index (χ4v) is 2.50. The Hall–Kier alpha value is -0.800. The predicted molar refractivity (Wildman–Crippen MR) is 54.7 cm³/mol. The zero-order valence-electron chi connectivity index (χ0n) is 9.06. The smallest absolute Gasteiger partial charge is 0.271 e. The predicted octanol–water partition coefficient (Wildman–Crippen LogP) is 3.30. The van der Waals surface area contributed by atoms with Crippen molar-refractivity contribution in [3.8, 4) is 0 Å². The number of hydrazine groups is 1. The molecular formula is C9H10F6N2S. The Morgan fingerprint density at radius 3 is 1.89 bits per heavy atom. The molecule has 0 aliphatic rings. The van der Waals surface area contributed by atoms with Gasteiger partial charge in [0.2, 0.25) is 0 Å². The van der Waals surface area contributed by atoms with Gasteiger partial charge in [-0.1, -0.05) is 0 Å². The number of halogens is 6. The van der Waals surface area contributed by atoms with E-state index in [1.165, 1.54) is 12.1 Å². The van der Waals surface area contributed by atoms with Crippen molar-refractivity contribution in [3.05, 3.63) is 21.9 Å². The van der Waals surface area contributed by atoms with Gasteiger partial charge in [0.05, 0.1) is 6.04 Å². The summed E-state index contributed by atoms with van der Waals surface area (Å²) in [6.45, 7) is 1.58. The van der Waals surface area contributed by atoms with Crippen LogP contribution in [0.15, 0.2) is 12.1 Å². The Balaban J connectivity index is 3.18. The fourth-order valence-electron chi connectivity index (χ4n) is 1.53. The van der Waals surface area contributed by atoms with Gasteiger partial charge in [-0.3, -0.25) is 11.3 Å². The molecule has 0 saturated heterocycles. The lowest BCUT2D eigenvalue weighted by atomic mass is 9.97. The van der Waals surface area contributed by atoms with Gasteiger partial charge in [-0.25, -0.2) is 0 Å². The second-order valence-corrected chi connectivity index (χ2v) is 4.97. The molecule has 0 aliphatic heterocycles. The van der Waals surface area contributed by atoms with Crippen molar-refractivity contribution in [3.63, 3.8) is 0 Å². The monoisotopic (exact) mass is 292 g/mol. The summed E-state index contributed by atoms with van der Waals surface area (Å²) in [7, 11) is 0. The Kier molecular flexibility index (Phi) is 4.29. The van der Waals surface area contributed by atoms with E-state index >= 15 is 0 Å². The van der Waals surface area contributed by atoms with E-state index in [0.29, 0.717) is 4.88 Å². The average molecular weight is 292 g/mol. The van der Waals surface area contributed by atoms with Gasteiger partial charge in [0.15, 0.2) is 5.92 Å². The number of hydrogen-bond donors (Lipinski definition) is 2. The van der Waals surface area contributed by atoms with E-state index in [4.69, 9.17) is 5.84 Å². The number of alkyl halides is 6. The van der Waals surface area contributed by atoms with Crippen LogP contribution in [0.1, 0.15) is 15.8 Å². The SMILES string of the molecule is Cc1ccc(C(NN)C(C(F)(F)F)C(F)(F)F)s1. The van der Waals surface area contributed by atoms with Crippen LogP contribution in [0.25, 0.3) is 0 Å². The van der Waals surface area contributed by atoms with Gasteiger partial charge >= 0.3 is 12.4 Å². The van der Waals surface area contributed by atoms with Gasteiger partial charge in [0, 0.05) is 9.75 Å². The van der Waals surface area contributed by atoms with E-state index in [0.717, 1.165) is 11.3 Å². The minimum absolute atomic E-state index is 0.102. The summed E-state index contributed by atoms with van der Waals surface area (Å²) >= 11 is 0.838. The van der Waals surface area contributed by atoms with E-state index in [9.17, 15) is 26.3 Å². The van der Waals surface area contributed by atoms with E-state index in [1.54, 1.807) is 12.3 Å². The molecule has 3 N–H and O–H groups in total. The lowest BCUT2D eigenvalue weighted by Gasteiger charge is -2.29. The molecule has 0 spiro atoms. The lowest BCUT2D eigenvalue weighted by Crippen LogP contribution is -2.47. The summed E-state index contributed by atoms with van der Waals surface area (Å²) in [6, 6.07) is 0.604. The lowest BCUT2D eigenvalue weighted by molar-refractivity contribution is -0.292. The van der Waals surface area contributed by atoms with Gasteiger partial charge < -0.3 is 0 Å². The maximum Gasteiger partial charge on any atom is 0.402 e. The third kappa shape index (κ3) is 3.36. The first kappa shape index (κ1) is 15.3. The summed E-state index contributed by atoms with van der Waals surface area (Å²) < 4.78 is 75.2. The first-order valence-corrected chi connectivity index (χ1v) is 5.55. The van der Waals surface area contributed by atoms with Crippen molar-refractivity contribution in [2.24, 2.45) is 11.8 Å². The van der Waals surface area contributed by atoms with E-state index in [2.05, 4.69) is 0 Å². The zero-order valence-corrected chi connectivity index (χ0v) is 9.88. The Morgan fingerprint density at radius 1 is 1.11 bits per heavy atom. The van der Waals surface area contributed by atoms with Crippen molar-refractivity contribution in [2.45, 2.75) is 25.3 Å². The van der Waals surface area contributed by atoms with Gasteiger partial charge in [-0.15, -0.1) is 11.3 Å². The molecule has 1 aromatic heterocycles. The number of nitrogens with two attached hydrogens (primary N) is 1. The molecule has 2 nitrogen and oxygen atoms in total. The minimum atomic E-state index is -5.42. The second-order valence-electron chi connectivity index (χ2n) is 3.65. The molecule has 1 aromatic rings. The fraction of sp³-hybridized carbons (Fsp3) is 0.556. The summed E-state index contributed by atoms with van der Waals surface area (Å²) in [5.74, 6) is 1.33. The van der Waals surface area contributed by atoms with Gasteiger partial charge in [0.25, 0.3) is 0 Å². The quantitative estimate of drug-likeness (QED) is 0.509. The van der Waals surface area contributed by atoms with Crippen LogP contribution in [-0.4, -0.2) is 12.4 Å². The van der Waals surface area contributed by atoms with Crippen molar-refractivity contribution >= 4 is 11.3 Å². The largest absolute Gasteiger partial charge is 0.402 e. The molecule has 1 atom stereocenters. The topological polar surface area (TPSA) is 38.0 Å². The highest BCUT2D eigenvalue weighted by Gasteiger charge is 2.60. The first-order valence-electron chi connectivity index (χ1n) is 4.73. The molecule has 9 heteroatoms. The Labute approximate surface area is 103 Å². The molecule has 1 heterocycles.